The highest BCUT2D eigenvalue weighted by Gasteiger charge is 1.99. The number of nitrogens with two attached hydrogens (primary N) is 1. The topological polar surface area (TPSA) is 38.9 Å². The Morgan fingerprint density at radius 3 is 2.92 bits per heavy atom. The van der Waals surface area contributed by atoms with Gasteiger partial charge in [0.1, 0.15) is 0 Å². The van der Waals surface area contributed by atoms with E-state index in [4.69, 9.17) is 5.73 Å². The zero-order valence-corrected chi connectivity index (χ0v) is 7.18. The number of aryl methyl sites for hydroxylation is 2. The van der Waals surface area contributed by atoms with Crippen LogP contribution in [0.4, 0.5) is 4.39 Å². The van der Waals surface area contributed by atoms with Crippen LogP contribution >= 0.6 is 0 Å². The second-order valence-electron chi connectivity index (χ2n) is 2.83. The molecule has 1 heterocycles. The van der Waals surface area contributed by atoms with Crippen LogP contribution in [-0.2, 0) is 6.42 Å². The highest BCUT2D eigenvalue weighted by molar-refractivity contribution is 5.21. The summed E-state index contributed by atoms with van der Waals surface area (Å²) in [5, 5.41) is 0. The lowest BCUT2D eigenvalue weighted by atomic mass is 10.1. The molecule has 0 aliphatic carbocycles. The van der Waals surface area contributed by atoms with Gasteiger partial charge in [-0.2, -0.15) is 4.39 Å². The minimum Gasteiger partial charge on any atom is -0.330 e. The van der Waals surface area contributed by atoms with Crippen LogP contribution < -0.4 is 5.73 Å². The minimum atomic E-state index is -0.413. The molecule has 0 unspecified atom stereocenters. The Kier molecular flexibility index (Phi) is 3.17. The summed E-state index contributed by atoms with van der Waals surface area (Å²) in [4.78, 5) is 3.59. The third-order valence-corrected chi connectivity index (χ3v) is 1.84. The summed E-state index contributed by atoms with van der Waals surface area (Å²) in [5.41, 5.74) is 7.40. The van der Waals surface area contributed by atoms with Crippen molar-refractivity contribution < 1.29 is 4.39 Å². The second-order valence-corrected chi connectivity index (χ2v) is 2.83. The Balaban J connectivity index is 2.72. The van der Waals surface area contributed by atoms with Crippen molar-refractivity contribution in [3.8, 4) is 0 Å². The van der Waals surface area contributed by atoms with Gasteiger partial charge in [-0.15, -0.1) is 0 Å². The lowest BCUT2D eigenvalue weighted by molar-refractivity contribution is 0.580. The maximum atomic E-state index is 12.5. The molecule has 0 atom stereocenters. The van der Waals surface area contributed by atoms with Gasteiger partial charge in [-0.1, -0.05) is 0 Å². The van der Waals surface area contributed by atoms with Crippen molar-refractivity contribution in [2.75, 3.05) is 6.54 Å². The molecule has 1 rings (SSSR count). The van der Waals surface area contributed by atoms with Crippen molar-refractivity contribution in [1.29, 1.82) is 0 Å². The molecule has 0 saturated carbocycles. The van der Waals surface area contributed by atoms with Crippen LogP contribution in [0.25, 0.3) is 0 Å². The largest absolute Gasteiger partial charge is 0.330 e. The highest BCUT2D eigenvalue weighted by atomic mass is 19.1. The summed E-state index contributed by atoms with van der Waals surface area (Å²) in [6, 6.07) is 1.45. The third-order valence-electron chi connectivity index (χ3n) is 1.84. The van der Waals surface area contributed by atoms with Crippen molar-refractivity contribution in [2.24, 2.45) is 5.73 Å². The molecule has 1 aromatic rings. The van der Waals surface area contributed by atoms with Crippen molar-refractivity contribution >= 4 is 0 Å². The van der Waals surface area contributed by atoms with Crippen molar-refractivity contribution in [1.82, 2.24) is 4.98 Å². The monoisotopic (exact) mass is 168 g/mol. The van der Waals surface area contributed by atoms with Gasteiger partial charge in [-0.05, 0) is 43.5 Å². The van der Waals surface area contributed by atoms with Crippen molar-refractivity contribution in [2.45, 2.75) is 19.8 Å². The maximum Gasteiger partial charge on any atom is 0.213 e. The molecule has 0 aliphatic heterocycles. The van der Waals surface area contributed by atoms with Crippen LogP contribution in [0.2, 0.25) is 0 Å². The van der Waals surface area contributed by atoms with Crippen LogP contribution in [0.5, 0.6) is 0 Å². The molecule has 0 bridgehead atoms. The van der Waals surface area contributed by atoms with Gasteiger partial charge in [-0.3, -0.25) is 0 Å². The summed E-state index contributed by atoms with van der Waals surface area (Å²) < 4.78 is 12.5. The second kappa shape index (κ2) is 4.16. The molecule has 1 aromatic heterocycles. The Morgan fingerprint density at radius 1 is 1.58 bits per heavy atom. The summed E-state index contributed by atoms with van der Waals surface area (Å²) in [5.74, 6) is -0.413. The summed E-state index contributed by atoms with van der Waals surface area (Å²) >= 11 is 0. The average Bonchev–Trinajstić information content (AvgIpc) is 2.03. The molecule has 2 nitrogen and oxygen atoms in total. The standard InChI is InChI=1S/C9H13FN2/c1-7-5-9(10)12-6-8(7)3-2-4-11/h5-6H,2-4,11H2,1H3. The molecule has 12 heavy (non-hydrogen) atoms. The summed E-state index contributed by atoms with van der Waals surface area (Å²) in [6.07, 6.45) is 3.39. The first-order valence-electron chi connectivity index (χ1n) is 4.05. The van der Waals surface area contributed by atoms with E-state index in [0.29, 0.717) is 6.54 Å². The molecule has 0 aromatic carbocycles. The predicted octanol–water partition coefficient (Wildman–Crippen LogP) is 1.42. The van der Waals surface area contributed by atoms with Crippen LogP contribution in [-0.4, -0.2) is 11.5 Å². The van der Waals surface area contributed by atoms with Gasteiger partial charge in [0.25, 0.3) is 0 Å². The molecule has 0 spiro atoms. The summed E-state index contributed by atoms with van der Waals surface area (Å²) in [6.45, 7) is 2.55. The number of aromatic nitrogens is 1. The summed E-state index contributed by atoms with van der Waals surface area (Å²) in [7, 11) is 0. The van der Waals surface area contributed by atoms with Gasteiger partial charge in [-0.25, -0.2) is 4.98 Å². The van der Waals surface area contributed by atoms with Crippen LogP contribution in [0.1, 0.15) is 17.5 Å². The van der Waals surface area contributed by atoms with Gasteiger partial charge < -0.3 is 5.73 Å². The van der Waals surface area contributed by atoms with E-state index in [-0.39, 0.29) is 0 Å². The van der Waals surface area contributed by atoms with Crippen LogP contribution in [0.15, 0.2) is 12.3 Å². The van der Waals surface area contributed by atoms with E-state index in [1.807, 2.05) is 6.92 Å². The minimum absolute atomic E-state index is 0.413. The van der Waals surface area contributed by atoms with Gasteiger partial charge in [0, 0.05) is 6.20 Å². The molecular formula is C9H13FN2. The molecule has 0 amide bonds. The molecule has 2 N–H and O–H groups in total. The van der Waals surface area contributed by atoms with Crippen LogP contribution in [0.3, 0.4) is 0 Å². The fraction of sp³-hybridized carbons (Fsp3) is 0.444. The first-order chi connectivity index (χ1) is 5.74. The number of pyridine rings is 1. The van der Waals surface area contributed by atoms with Crippen molar-refractivity contribution in [3.63, 3.8) is 0 Å². The fourth-order valence-electron chi connectivity index (χ4n) is 1.10. The van der Waals surface area contributed by atoms with E-state index in [2.05, 4.69) is 4.98 Å². The van der Waals surface area contributed by atoms with Gasteiger partial charge in [0.2, 0.25) is 5.95 Å². The van der Waals surface area contributed by atoms with Gasteiger partial charge >= 0.3 is 0 Å². The Morgan fingerprint density at radius 2 is 2.33 bits per heavy atom. The molecule has 0 saturated heterocycles. The van der Waals surface area contributed by atoms with E-state index in [0.717, 1.165) is 24.0 Å². The zero-order chi connectivity index (χ0) is 8.97. The van der Waals surface area contributed by atoms with E-state index in [9.17, 15) is 4.39 Å². The SMILES string of the molecule is Cc1cc(F)ncc1CCCN. The molecule has 0 aliphatic rings. The highest BCUT2D eigenvalue weighted by Crippen LogP contribution is 2.09. The zero-order valence-electron chi connectivity index (χ0n) is 7.18. The molecule has 66 valence electrons. The fourth-order valence-corrected chi connectivity index (χ4v) is 1.10. The van der Waals surface area contributed by atoms with E-state index in [1.165, 1.54) is 6.07 Å². The van der Waals surface area contributed by atoms with Crippen LogP contribution in [0, 0.1) is 12.9 Å². The predicted molar refractivity (Wildman–Crippen MR) is 46.3 cm³/mol. The first-order valence-corrected chi connectivity index (χ1v) is 4.05. The molecule has 0 radical (unpaired) electrons. The number of rotatable bonds is 3. The quantitative estimate of drug-likeness (QED) is 0.693. The molecule has 3 heteroatoms. The lowest BCUT2D eigenvalue weighted by Crippen LogP contribution is -2.02. The number of hydrogen-bond donors (Lipinski definition) is 1. The van der Waals surface area contributed by atoms with Crippen molar-refractivity contribution in [3.05, 3.63) is 29.3 Å². The lowest BCUT2D eigenvalue weighted by Gasteiger charge is -2.02. The smallest absolute Gasteiger partial charge is 0.213 e. The molecule has 0 fully saturated rings. The normalized spacial score (nSPS) is 10.2. The maximum absolute atomic E-state index is 12.5. The van der Waals surface area contributed by atoms with E-state index < -0.39 is 5.95 Å². The average molecular weight is 168 g/mol. The number of halogens is 1. The first kappa shape index (κ1) is 9.13. The Labute approximate surface area is 71.6 Å². The van der Waals surface area contributed by atoms with E-state index >= 15 is 0 Å². The van der Waals surface area contributed by atoms with Gasteiger partial charge in [0.15, 0.2) is 0 Å². The number of hydrogen-bond acceptors (Lipinski definition) is 2. The third kappa shape index (κ3) is 2.27. The Hall–Kier alpha value is -0.960. The van der Waals surface area contributed by atoms with E-state index in [1.54, 1.807) is 6.20 Å². The number of nitrogens with zero attached hydrogens (tertiary/aromatic N) is 1. The molecular weight excluding hydrogens is 155 g/mol. The van der Waals surface area contributed by atoms with Gasteiger partial charge in [0.05, 0.1) is 0 Å². The Bertz CT molecular complexity index is 261.